The van der Waals surface area contributed by atoms with Crippen LogP contribution < -0.4 is 10.6 Å². The van der Waals surface area contributed by atoms with E-state index in [1.165, 1.54) is 0 Å². The highest BCUT2D eigenvalue weighted by atomic mass is 16.4. The first-order valence-corrected chi connectivity index (χ1v) is 7.71. The van der Waals surface area contributed by atoms with Crippen LogP contribution in [0.1, 0.15) is 58.8 Å². The minimum absolute atomic E-state index is 0.0255. The molecule has 5 heteroatoms. The predicted octanol–water partition coefficient (Wildman–Crippen LogP) is 2.51. The highest BCUT2D eigenvalue weighted by Gasteiger charge is 2.40. The number of amides is 2. The number of urea groups is 1. The quantitative estimate of drug-likeness (QED) is 0.741. The van der Waals surface area contributed by atoms with E-state index in [9.17, 15) is 9.59 Å². The van der Waals surface area contributed by atoms with E-state index in [1.54, 1.807) is 0 Å². The van der Waals surface area contributed by atoms with Gasteiger partial charge in [0.2, 0.25) is 0 Å². The number of carbonyl (C=O) groups is 2. The zero-order chi connectivity index (χ0) is 14.8. The standard InChI is InChI=1S/C15H26N2O3/c1-10-4-5-12(11(2)8-10)16-14(20)17-15(6-3-7-15)9-13(18)19/h10-12H,3-9H2,1-2H3,(H,18,19)(H2,16,17,20). The molecule has 3 atom stereocenters. The number of rotatable bonds is 4. The maximum atomic E-state index is 12.1. The molecular formula is C15H26N2O3. The maximum absolute atomic E-state index is 12.1. The molecule has 114 valence electrons. The van der Waals surface area contributed by atoms with Crippen LogP contribution in [-0.2, 0) is 4.79 Å². The Hall–Kier alpha value is -1.26. The van der Waals surface area contributed by atoms with Gasteiger partial charge in [0.1, 0.15) is 0 Å². The van der Waals surface area contributed by atoms with Gasteiger partial charge in [-0.25, -0.2) is 4.79 Å². The number of carboxylic acid groups (broad SMARTS) is 1. The fourth-order valence-electron chi connectivity index (χ4n) is 3.56. The lowest BCUT2D eigenvalue weighted by molar-refractivity contribution is -0.139. The summed E-state index contributed by atoms with van der Waals surface area (Å²) >= 11 is 0. The van der Waals surface area contributed by atoms with E-state index < -0.39 is 11.5 Å². The summed E-state index contributed by atoms with van der Waals surface area (Å²) in [6.45, 7) is 4.43. The Labute approximate surface area is 120 Å². The zero-order valence-corrected chi connectivity index (χ0v) is 12.4. The molecule has 2 rings (SSSR count). The minimum atomic E-state index is -0.843. The Morgan fingerprint density at radius 2 is 1.95 bits per heavy atom. The molecule has 2 amide bonds. The minimum Gasteiger partial charge on any atom is -0.481 e. The predicted molar refractivity (Wildman–Crippen MR) is 76.5 cm³/mol. The van der Waals surface area contributed by atoms with Crippen molar-refractivity contribution in [1.82, 2.24) is 10.6 Å². The summed E-state index contributed by atoms with van der Waals surface area (Å²) in [6.07, 6.45) is 5.86. The largest absolute Gasteiger partial charge is 0.481 e. The number of carbonyl (C=O) groups excluding carboxylic acids is 1. The molecule has 2 fully saturated rings. The number of hydrogen-bond donors (Lipinski definition) is 3. The third-order valence-corrected chi connectivity index (χ3v) is 4.93. The molecule has 0 bridgehead atoms. The summed E-state index contributed by atoms with van der Waals surface area (Å²) < 4.78 is 0. The second-order valence-electron chi connectivity index (χ2n) is 6.80. The van der Waals surface area contributed by atoms with Crippen LogP contribution in [0.4, 0.5) is 4.79 Å². The molecule has 3 N–H and O–H groups in total. The fourth-order valence-corrected chi connectivity index (χ4v) is 3.56. The molecule has 0 saturated heterocycles. The van der Waals surface area contributed by atoms with E-state index >= 15 is 0 Å². The number of aliphatic carboxylic acids is 1. The van der Waals surface area contributed by atoms with Crippen molar-refractivity contribution < 1.29 is 14.7 Å². The van der Waals surface area contributed by atoms with Crippen molar-refractivity contribution >= 4 is 12.0 Å². The van der Waals surface area contributed by atoms with Gasteiger partial charge in [0.15, 0.2) is 0 Å². The van der Waals surface area contributed by atoms with Crippen LogP contribution >= 0.6 is 0 Å². The lowest BCUT2D eigenvalue weighted by Crippen LogP contribution is -2.59. The second-order valence-corrected chi connectivity index (χ2v) is 6.80. The van der Waals surface area contributed by atoms with Gasteiger partial charge in [0, 0.05) is 6.04 Å². The summed E-state index contributed by atoms with van der Waals surface area (Å²) in [4.78, 5) is 23.0. The number of carboxylic acids is 1. The summed E-state index contributed by atoms with van der Waals surface area (Å²) in [5.41, 5.74) is -0.513. The third-order valence-electron chi connectivity index (χ3n) is 4.93. The molecule has 0 spiro atoms. The summed E-state index contributed by atoms with van der Waals surface area (Å²) in [7, 11) is 0. The van der Waals surface area contributed by atoms with E-state index in [2.05, 4.69) is 24.5 Å². The molecule has 2 saturated carbocycles. The van der Waals surface area contributed by atoms with Gasteiger partial charge in [-0.05, 0) is 50.4 Å². The normalized spacial score (nSPS) is 32.0. The van der Waals surface area contributed by atoms with Crippen LogP contribution in [0.3, 0.4) is 0 Å². The second kappa shape index (κ2) is 6.02. The number of nitrogens with one attached hydrogen (secondary N) is 2. The monoisotopic (exact) mass is 282 g/mol. The lowest BCUT2D eigenvalue weighted by atomic mass is 9.74. The third kappa shape index (κ3) is 3.64. The topological polar surface area (TPSA) is 78.4 Å². The lowest BCUT2D eigenvalue weighted by Gasteiger charge is -2.42. The SMILES string of the molecule is CC1CCC(NC(=O)NC2(CC(=O)O)CCC2)C(C)C1. The molecule has 3 unspecified atom stereocenters. The Morgan fingerprint density at radius 1 is 1.25 bits per heavy atom. The Balaban J connectivity index is 1.84. The van der Waals surface area contributed by atoms with Gasteiger partial charge in [-0.3, -0.25) is 4.79 Å². The molecule has 2 aliphatic rings. The van der Waals surface area contributed by atoms with Crippen LogP contribution in [0.2, 0.25) is 0 Å². The average molecular weight is 282 g/mol. The van der Waals surface area contributed by atoms with Gasteiger partial charge >= 0.3 is 12.0 Å². The molecule has 5 nitrogen and oxygen atoms in total. The van der Waals surface area contributed by atoms with E-state index in [4.69, 9.17) is 5.11 Å². The molecule has 0 aliphatic heterocycles. The van der Waals surface area contributed by atoms with Crippen molar-refractivity contribution in [3.05, 3.63) is 0 Å². The first-order chi connectivity index (χ1) is 9.40. The smallest absolute Gasteiger partial charge is 0.315 e. The van der Waals surface area contributed by atoms with Gasteiger partial charge in [-0.1, -0.05) is 13.8 Å². The molecule has 2 aliphatic carbocycles. The molecule has 0 heterocycles. The van der Waals surface area contributed by atoms with E-state index in [0.29, 0.717) is 5.92 Å². The molecule has 0 aromatic rings. The highest BCUT2D eigenvalue weighted by Crippen LogP contribution is 2.35. The molecule has 20 heavy (non-hydrogen) atoms. The maximum Gasteiger partial charge on any atom is 0.315 e. The molecule has 0 aromatic heterocycles. The van der Waals surface area contributed by atoms with Crippen LogP contribution in [0.25, 0.3) is 0 Å². The summed E-state index contributed by atoms with van der Waals surface area (Å²) in [5, 5.41) is 14.9. The molecule has 0 aromatic carbocycles. The van der Waals surface area contributed by atoms with Crippen molar-refractivity contribution in [1.29, 1.82) is 0 Å². The highest BCUT2D eigenvalue weighted by molar-refractivity contribution is 5.77. The van der Waals surface area contributed by atoms with Crippen LogP contribution in [0.5, 0.6) is 0 Å². The molecule has 0 radical (unpaired) electrons. The van der Waals surface area contributed by atoms with E-state index in [1.807, 2.05) is 0 Å². The first-order valence-electron chi connectivity index (χ1n) is 7.71. The summed E-state index contributed by atoms with van der Waals surface area (Å²) in [6, 6.07) is 0.0190. The Bertz CT molecular complexity index is 379. The van der Waals surface area contributed by atoms with E-state index in [-0.39, 0.29) is 18.5 Å². The number of hydrogen-bond acceptors (Lipinski definition) is 2. The van der Waals surface area contributed by atoms with Gasteiger partial charge < -0.3 is 15.7 Å². The van der Waals surface area contributed by atoms with Gasteiger partial charge in [0.05, 0.1) is 12.0 Å². The fraction of sp³-hybridized carbons (Fsp3) is 0.867. The van der Waals surface area contributed by atoms with Crippen molar-refractivity contribution in [3.63, 3.8) is 0 Å². The van der Waals surface area contributed by atoms with Crippen molar-refractivity contribution in [3.8, 4) is 0 Å². The summed E-state index contributed by atoms with van der Waals surface area (Å²) in [5.74, 6) is 0.377. The van der Waals surface area contributed by atoms with Crippen LogP contribution in [-0.4, -0.2) is 28.7 Å². The zero-order valence-electron chi connectivity index (χ0n) is 12.4. The van der Waals surface area contributed by atoms with Gasteiger partial charge in [0.25, 0.3) is 0 Å². The molecular weight excluding hydrogens is 256 g/mol. The van der Waals surface area contributed by atoms with Gasteiger partial charge in [-0.15, -0.1) is 0 Å². The van der Waals surface area contributed by atoms with Crippen molar-refractivity contribution in [2.24, 2.45) is 11.8 Å². The average Bonchev–Trinajstić information content (AvgIpc) is 2.29. The van der Waals surface area contributed by atoms with Crippen LogP contribution in [0.15, 0.2) is 0 Å². The Kier molecular flexibility index (Phi) is 4.55. The van der Waals surface area contributed by atoms with Crippen molar-refractivity contribution in [2.45, 2.75) is 70.4 Å². The van der Waals surface area contributed by atoms with Crippen molar-refractivity contribution in [2.75, 3.05) is 0 Å². The Morgan fingerprint density at radius 3 is 2.45 bits per heavy atom. The van der Waals surface area contributed by atoms with Gasteiger partial charge in [-0.2, -0.15) is 0 Å². The first kappa shape index (κ1) is 15.1. The van der Waals surface area contributed by atoms with E-state index in [0.717, 1.165) is 44.4 Å². The van der Waals surface area contributed by atoms with Crippen LogP contribution in [0, 0.1) is 11.8 Å².